The first kappa shape index (κ1) is 20.1. The molecular formula is C20H23N3O4S2. The zero-order valence-corrected chi connectivity index (χ0v) is 17.8. The second-order valence-electron chi connectivity index (χ2n) is 7.41. The van der Waals surface area contributed by atoms with E-state index in [1.165, 1.54) is 20.8 Å². The Labute approximate surface area is 174 Å². The van der Waals surface area contributed by atoms with Crippen LogP contribution in [0.15, 0.2) is 39.9 Å². The molecule has 2 amide bonds. The number of likely N-dealkylation sites (N-methyl/N-ethyl adjacent to an activating group) is 1. The second kappa shape index (κ2) is 7.89. The molecule has 0 aliphatic carbocycles. The van der Waals surface area contributed by atoms with Gasteiger partial charge in [-0.1, -0.05) is 24.3 Å². The third kappa shape index (κ3) is 3.94. The van der Waals surface area contributed by atoms with Crippen LogP contribution in [0, 0.1) is 0 Å². The van der Waals surface area contributed by atoms with Gasteiger partial charge in [-0.15, -0.1) is 11.3 Å². The first-order valence-corrected chi connectivity index (χ1v) is 11.9. The molecule has 2 aliphatic rings. The molecule has 2 aromatic rings. The van der Waals surface area contributed by atoms with Gasteiger partial charge in [0.15, 0.2) is 0 Å². The molecule has 2 aliphatic heterocycles. The highest BCUT2D eigenvalue weighted by Crippen LogP contribution is 2.29. The third-order valence-electron chi connectivity index (χ3n) is 5.47. The standard InChI is InChI=1S/C20H23N3O4S2/c1-21-8-4-9-22(13-18(21)24)20(25)17-11-19(28-14-17)29(26,27)23-10-7-15-5-2-3-6-16(15)12-23/h2-3,5-6,11,14H,4,7-10,12-13H2,1H3. The van der Waals surface area contributed by atoms with Crippen molar-refractivity contribution in [3.05, 3.63) is 52.4 Å². The molecule has 1 fully saturated rings. The van der Waals surface area contributed by atoms with Crippen molar-refractivity contribution in [2.75, 3.05) is 33.2 Å². The van der Waals surface area contributed by atoms with Gasteiger partial charge < -0.3 is 9.80 Å². The van der Waals surface area contributed by atoms with E-state index in [2.05, 4.69) is 0 Å². The number of benzene rings is 1. The predicted molar refractivity (Wildman–Crippen MR) is 110 cm³/mol. The van der Waals surface area contributed by atoms with Crippen LogP contribution in [0.2, 0.25) is 0 Å². The van der Waals surface area contributed by atoms with Crippen molar-refractivity contribution in [2.24, 2.45) is 0 Å². The Bertz CT molecular complexity index is 1050. The number of carbonyl (C=O) groups excluding carboxylic acids is 2. The number of thiophene rings is 1. The summed E-state index contributed by atoms with van der Waals surface area (Å²) in [5.41, 5.74) is 2.52. The lowest BCUT2D eigenvalue weighted by molar-refractivity contribution is -0.129. The number of hydrogen-bond acceptors (Lipinski definition) is 5. The summed E-state index contributed by atoms with van der Waals surface area (Å²) in [4.78, 5) is 28.0. The van der Waals surface area contributed by atoms with Crippen LogP contribution in [0.3, 0.4) is 0 Å². The third-order valence-corrected chi connectivity index (χ3v) is 8.73. The minimum Gasteiger partial charge on any atom is -0.344 e. The largest absolute Gasteiger partial charge is 0.344 e. The van der Waals surface area contributed by atoms with Gasteiger partial charge in [0, 0.05) is 38.6 Å². The van der Waals surface area contributed by atoms with Crippen LogP contribution < -0.4 is 0 Å². The van der Waals surface area contributed by atoms with Gasteiger partial charge in [-0.3, -0.25) is 9.59 Å². The van der Waals surface area contributed by atoms with Crippen molar-refractivity contribution in [1.29, 1.82) is 0 Å². The number of rotatable bonds is 3. The van der Waals surface area contributed by atoms with Crippen molar-refractivity contribution in [3.8, 4) is 0 Å². The monoisotopic (exact) mass is 433 g/mol. The average Bonchev–Trinajstić information content (AvgIpc) is 3.16. The molecule has 154 valence electrons. The molecule has 0 N–H and O–H groups in total. The van der Waals surface area contributed by atoms with Crippen LogP contribution in [0.25, 0.3) is 0 Å². The van der Waals surface area contributed by atoms with Crippen molar-refractivity contribution in [2.45, 2.75) is 23.6 Å². The molecule has 0 atom stereocenters. The smallest absolute Gasteiger partial charge is 0.255 e. The molecule has 29 heavy (non-hydrogen) atoms. The van der Waals surface area contributed by atoms with Crippen LogP contribution in [-0.4, -0.2) is 67.6 Å². The first-order chi connectivity index (χ1) is 13.9. The lowest BCUT2D eigenvalue weighted by Crippen LogP contribution is -2.38. The normalized spacial score (nSPS) is 18.4. The molecule has 0 saturated carbocycles. The fourth-order valence-electron chi connectivity index (χ4n) is 3.71. The maximum Gasteiger partial charge on any atom is 0.255 e. The molecule has 4 rings (SSSR count). The van der Waals surface area contributed by atoms with E-state index in [0.29, 0.717) is 44.6 Å². The summed E-state index contributed by atoms with van der Waals surface area (Å²) >= 11 is 1.06. The van der Waals surface area contributed by atoms with Gasteiger partial charge in [0.2, 0.25) is 5.91 Å². The summed E-state index contributed by atoms with van der Waals surface area (Å²) in [6.45, 7) is 1.88. The van der Waals surface area contributed by atoms with Gasteiger partial charge >= 0.3 is 0 Å². The maximum absolute atomic E-state index is 13.1. The van der Waals surface area contributed by atoms with Crippen LogP contribution in [0.4, 0.5) is 0 Å². The van der Waals surface area contributed by atoms with E-state index in [-0.39, 0.29) is 22.6 Å². The summed E-state index contributed by atoms with van der Waals surface area (Å²) in [6, 6.07) is 9.30. The van der Waals surface area contributed by atoms with Gasteiger partial charge in [0.05, 0.1) is 5.56 Å². The minimum absolute atomic E-state index is 0.0240. The number of fused-ring (bicyclic) bond motifs is 1. The zero-order valence-electron chi connectivity index (χ0n) is 16.2. The number of amides is 2. The summed E-state index contributed by atoms with van der Waals surface area (Å²) in [5.74, 6) is -0.402. The van der Waals surface area contributed by atoms with E-state index in [0.717, 1.165) is 16.9 Å². The van der Waals surface area contributed by atoms with Crippen LogP contribution in [-0.2, 0) is 27.8 Å². The molecule has 1 aromatic heterocycles. The van der Waals surface area contributed by atoms with Crippen molar-refractivity contribution < 1.29 is 18.0 Å². The maximum atomic E-state index is 13.1. The Morgan fingerprint density at radius 1 is 1.07 bits per heavy atom. The average molecular weight is 434 g/mol. The van der Waals surface area contributed by atoms with E-state index >= 15 is 0 Å². The molecule has 0 unspecified atom stereocenters. The van der Waals surface area contributed by atoms with Crippen molar-refractivity contribution in [1.82, 2.24) is 14.1 Å². The summed E-state index contributed by atoms with van der Waals surface area (Å²) in [5, 5.41) is 1.58. The van der Waals surface area contributed by atoms with Crippen LogP contribution in [0.1, 0.15) is 27.9 Å². The number of sulfonamides is 1. The fraction of sp³-hybridized carbons (Fsp3) is 0.400. The highest BCUT2D eigenvalue weighted by atomic mass is 32.2. The molecule has 3 heterocycles. The summed E-state index contributed by atoms with van der Waals surface area (Å²) in [7, 11) is -1.94. The number of nitrogens with zero attached hydrogens (tertiary/aromatic N) is 3. The molecule has 1 saturated heterocycles. The van der Waals surface area contributed by atoms with Crippen LogP contribution in [0.5, 0.6) is 0 Å². The molecule has 9 heteroatoms. The van der Waals surface area contributed by atoms with E-state index in [9.17, 15) is 18.0 Å². The minimum atomic E-state index is -3.67. The Morgan fingerprint density at radius 3 is 2.62 bits per heavy atom. The Morgan fingerprint density at radius 2 is 1.83 bits per heavy atom. The second-order valence-corrected chi connectivity index (χ2v) is 10.5. The topological polar surface area (TPSA) is 78.0 Å². The lowest BCUT2D eigenvalue weighted by atomic mass is 10.0. The van der Waals surface area contributed by atoms with Gasteiger partial charge in [-0.25, -0.2) is 8.42 Å². The Kier molecular flexibility index (Phi) is 5.46. The van der Waals surface area contributed by atoms with E-state index in [1.807, 2.05) is 24.3 Å². The van der Waals surface area contributed by atoms with Gasteiger partial charge in [0.1, 0.15) is 10.8 Å². The van der Waals surface area contributed by atoms with Crippen molar-refractivity contribution in [3.63, 3.8) is 0 Å². The van der Waals surface area contributed by atoms with Gasteiger partial charge in [-0.05, 0) is 30.0 Å². The summed E-state index contributed by atoms with van der Waals surface area (Å²) < 4.78 is 27.9. The summed E-state index contributed by atoms with van der Waals surface area (Å²) in [6.07, 6.45) is 1.38. The molecule has 1 aromatic carbocycles. The molecule has 0 radical (unpaired) electrons. The van der Waals surface area contributed by atoms with E-state index in [4.69, 9.17) is 0 Å². The quantitative estimate of drug-likeness (QED) is 0.740. The highest BCUT2D eigenvalue weighted by molar-refractivity contribution is 7.91. The van der Waals surface area contributed by atoms with Crippen LogP contribution >= 0.6 is 11.3 Å². The Balaban J connectivity index is 1.52. The number of hydrogen-bond donors (Lipinski definition) is 0. The molecule has 0 spiro atoms. The SMILES string of the molecule is CN1CCCN(C(=O)c2csc(S(=O)(=O)N3CCc4ccccc4C3)c2)CC1=O. The lowest BCUT2D eigenvalue weighted by Gasteiger charge is -2.27. The predicted octanol–water partition coefficient (Wildman–Crippen LogP) is 1.80. The molecular weight excluding hydrogens is 410 g/mol. The highest BCUT2D eigenvalue weighted by Gasteiger charge is 2.31. The van der Waals surface area contributed by atoms with E-state index < -0.39 is 10.0 Å². The molecule has 7 nitrogen and oxygen atoms in total. The van der Waals surface area contributed by atoms with E-state index in [1.54, 1.807) is 17.3 Å². The fourth-order valence-corrected chi connectivity index (χ4v) is 6.43. The molecule has 0 bridgehead atoms. The Hall–Kier alpha value is -2.23. The number of carbonyl (C=O) groups is 2. The first-order valence-electron chi connectivity index (χ1n) is 9.55. The zero-order chi connectivity index (χ0) is 20.6. The van der Waals surface area contributed by atoms with Gasteiger partial charge in [-0.2, -0.15) is 4.31 Å². The van der Waals surface area contributed by atoms with Gasteiger partial charge in [0.25, 0.3) is 15.9 Å². The van der Waals surface area contributed by atoms with Crippen molar-refractivity contribution >= 4 is 33.2 Å².